The minimum Gasteiger partial charge on any atom is -0.489 e. The van der Waals surface area contributed by atoms with E-state index in [1.807, 2.05) is 62.4 Å². The molecule has 0 bridgehead atoms. The molecule has 0 atom stereocenters. The highest BCUT2D eigenvalue weighted by atomic mass is 16.5. The quantitative estimate of drug-likeness (QED) is 0.599. The summed E-state index contributed by atoms with van der Waals surface area (Å²) in [5.41, 5.74) is 8.81. The fourth-order valence-electron chi connectivity index (χ4n) is 3.49. The Labute approximate surface area is 176 Å². The number of aryl methyl sites for hydroxylation is 1. The molecule has 30 heavy (non-hydrogen) atoms. The molecular formula is C24H27N3O3. The van der Waals surface area contributed by atoms with Gasteiger partial charge in [-0.2, -0.15) is 0 Å². The van der Waals surface area contributed by atoms with Gasteiger partial charge in [0.1, 0.15) is 12.4 Å². The molecule has 156 valence electrons. The smallest absolute Gasteiger partial charge is 0.271 e. The summed E-state index contributed by atoms with van der Waals surface area (Å²) in [5.74, 6) is 0.0756. The van der Waals surface area contributed by atoms with E-state index in [1.165, 1.54) is 0 Å². The Kier molecular flexibility index (Phi) is 6.57. The lowest BCUT2D eigenvalue weighted by molar-refractivity contribution is 0.0846. The van der Waals surface area contributed by atoms with Crippen molar-refractivity contribution in [3.8, 4) is 5.75 Å². The van der Waals surface area contributed by atoms with E-state index >= 15 is 0 Å². The third kappa shape index (κ3) is 4.89. The normalized spacial score (nSPS) is 10.7. The van der Waals surface area contributed by atoms with Gasteiger partial charge in [0, 0.05) is 23.0 Å². The highest BCUT2D eigenvalue weighted by Crippen LogP contribution is 2.20. The van der Waals surface area contributed by atoms with Crippen LogP contribution < -0.4 is 15.6 Å². The van der Waals surface area contributed by atoms with Gasteiger partial charge in [0.15, 0.2) is 0 Å². The number of aromatic nitrogens is 1. The van der Waals surface area contributed by atoms with Gasteiger partial charge in [-0.3, -0.25) is 20.4 Å². The first-order chi connectivity index (χ1) is 14.4. The van der Waals surface area contributed by atoms with Crippen molar-refractivity contribution in [2.75, 3.05) is 0 Å². The first-order valence-corrected chi connectivity index (χ1v) is 9.92. The zero-order valence-electron chi connectivity index (χ0n) is 17.7. The van der Waals surface area contributed by atoms with Crippen LogP contribution in [0.3, 0.4) is 0 Å². The monoisotopic (exact) mass is 405 g/mol. The van der Waals surface area contributed by atoms with Crippen molar-refractivity contribution in [2.24, 2.45) is 0 Å². The minimum atomic E-state index is -0.378. The van der Waals surface area contributed by atoms with Gasteiger partial charge >= 0.3 is 0 Å². The molecule has 0 unspecified atom stereocenters. The lowest BCUT2D eigenvalue weighted by Crippen LogP contribution is -2.41. The van der Waals surface area contributed by atoms with Gasteiger partial charge in [-0.1, -0.05) is 30.3 Å². The van der Waals surface area contributed by atoms with Crippen LogP contribution in [0.15, 0.2) is 60.7 Å². The van der Waals surface area contributed by atoms with E-state index in [0.717, 1.165) is 22.7 Å². The second-order valence-corrected chi connectivity index (χ2v) is 7.46. The molecule has 0 spiro atoms. The third-order valence-electron chi connectivity index (χ3n) is 4.90. The van der Waals surface area contributed by atoms with E-state index in [1.54, 1.807) is 12.1 Å². The van der Waals surface area contributed by atoms with Crippen LogP contribution in [-0.4, -0.2) is 16.4 Å². The van der Waals surface area contributed by atoms with Crippen molar-refractivity contribution < 1.29 is 14.3 Å². The molecule has 1 heterocycles. The SMILES string of the molecule is Cc1cc(C(=O)NNC(=O)c2ccc(COc3ccccc3)cc2)c(C)n1C(C)C. The maximum absolute atomic E-state index is 12.5. The summed E-state index contributed by atoms with van der Waals surface area (Å²) < 4.78 is 7.79. The summed E-state index contributed by atoms with van der Waals surface area (Å²) in [4.78, 5) is 24.9. The van der Waals surface area contributed by atoms with Crippen molar-refractivity contribution in [1.82, 2.24) is 15.4 Å². The first kappa shape index (κ1) is 21.2. The summed E-state index contributed by atoms with van der Waals surface area (Å²) >= 11 is 0. The van der Waals surface area contributed by atoms with Gasteiger partial charge in [0.25, 0.3) is 11.8 Å². The lowest BCUT2D eigenvalue weighted by atomic mass is 10.1. The van der Waals surface area contributed by atoms with Crippen LogP contribution in [0.2, 0.25) is 0 Å². The summed E-state index contributed by atoms with van der Waals surface area (Å²) in [6.45, 7) is 8.41. The average molecular weight is 405 g/mol. The fraction of sp³-hybridized carbons (Fsp3) is 0.250. The van der Waals surface area contributed by atoms with Crippen LogP contribution in [0.1, 0.15) is 57.6 Å². The largest absolute Gasteiger partial charge is 0.489 e. The minimum absolute atomic E-state index is 0.255. The lowest BCUT2D eigenvalue weighted by Gasteiger charge is -2.14. The average Bonchev–Trinajstić information content (AvgIpc) is 3.05. The van der Waals surface area contributed by atoms with Gasteiger partial charge in [-0.15, -0.1) is 0 Å². The van der Waals surface area contributed by atoms with Gasteiger partial charge in [-0.25, -0.2) is 0 Å². The molecule has 3 rings (SSSR count). The highest BCUT2D eigenvalue weighted by Gasteiger charge is 2.17. The zero-order chi connectivity index (χ0) is 21.7. The van der Waals surface area contributed by atoms with Crippen molar-refractivity contribution in [3.63, 3.8) is 0 Å². The fourth-order valence-corrected chi connectivity index (χ4v) is 3.49. The topological polar surface area (TPSA) is 72.4 Å². The van der Waals surface area contributed by atoms with Gasteiger partial charge in [-0.05, 0) is 63.6 Å². The summed E-state index contributed by atoms with van der Waals surface area (Å²) in [5, 5.41) is 0. The van der Waals surface area contributed by atoms with Crippen LogP contribution in [0.4, 0.5) is 0 Å². The van der Waals surface area contributed by atoms with Crippen molar-refractivity contribution in [1.29, 1.82) is 0 Å². The Morgan fingerprint density at radius 3 is 2.17 bits per heavy atom. The van der Waals surface area contributed by atoms with E-state index in [2.05, 4.69) is 29.3 Å². The standard InChI is InChI=1S/C24H27N3O3/c1-16(2)27-17(3)14-22(18(27)4)24(29)26-25-23(28)20-12-10-19(11-13-20)15-30-21-8-6-5-7-9-21/h5-14,16H,15H2,1-4H3,(H,25,28)(H,26,29). The van der Waals surface area contributed by atoms with Crippen LogP contribution in [0, 0.1) is 13.8 Å². The number of para-hydroxylation sites is 1. The van der Waals surface area contributed by atoms with Crippen LogP contribution >= 0.6 is 0 Å². The summed E-state index contributed by atoms with van der Waals surface area (Å²) in [6, 6.07) is 18.7. The van der Waals surface area contributed by atoms with E-state index in [-0.39, 0.29) is 17.9 Å². The molecule has 2 aromatic carbocycles. The maximum atomic E-state index is 12.5. The number of hydrogen-bond donors (Lipinski definition) is 2. The molecule has 0 aliphatic heterocycles. The second-order valence-electron chi connectivity index (χ2n) is 7.46. The Bertz CT molecular complexity index is 1020. The molecular weight excluding hydrogens is 378 g/mol. The third-order valence-corrected chi connectivity index (χ3v) is 4.90. The molecule has 0 saturated heterocycles. The number of rotatable bonds is 6. The maximum Gasteiger partial charge on any atom is 0.271 e. The predicted octanol–water partition coefficient (Wildman–Crippen LogP) is 4.34. The number of benzene rings is 2. The second kappa shape index (κ2) is 9.31. The first-order valence-electron chi connectivity index (χ1n) is 9.92. The molecule has 0 aliphatic carbocycles. The molecule has 3 aromatic rings. The highest BCUT2D eigenvalue weighted by molar-refractivity contribution is 5.99. The van der Waals surface area contributed by atoms with Crippen molar-refractivity contribution >= 4 is 11.8 Å². The number of hydrazine groups is 1. The molecule has 0 saturated carbocycles. The van der Waals surface area contributed by atoms with E-state index in [4.69, 9.17) is 4.74 Å². The Morgan fingerprint density at radius 2 is 1.57 bits per heavy atom. The van der Waals surface area contributed by atoms with Gasteiger partial charge in [0.05, 0.1) is 5.56 Å². The van der Waals surface area contributed by atoms with Crippen LogP contribution in [0.5, 0.6) is 5.75 Å². The zero-order valence-corrected chi connectivity index (χ0v) is 17.7. The number of carbonyl (C=O) groups is 2. The summed E-state index contributed by atoms with van der Waals surface area (Å²) in [6.07, 6.45) is 0. The number of nitrogens with one attached hydrogen (secondary N) is 2. The molecule has 2 N–H and O–H groups in total. The molecule has 0 aliphatic rings. The molecule has 6 nitrogen and oxygen atoms in total. The van der Waals surface area contributed by atoms with Gasteiger partial charge < -0.3 is 9.30 Å². The van der Waals surface area contributed by atoms with Crippen molar-refractivity contribution in [2.45, 2.75) is 40.3 Å². The Balaban J connectivity index is 1.56. The Hall–Kier alpha value is -3.54. The van der Waals surface area contributed by atoms with E-state index in [0.29, 0.717) is 17.7 Å². The number of nitrogens with zero attached hydrogens (tertiary/aromatic N) is 1. The van der Waals surface area contributed by atoms with Gasteiger partial charge in [0.2, 0.25) is 0 Å². The Morgan fingerprint density at radius 1 is 0.933 bits per heavy atom. The number of ether oxygens (including phenoxy) is 1. The molecule has 0 fully saturated rings. The molecule has 1 aromatic heterocycles. The van der Waals surface area contributed by atoms with E-state index < -0.39 is 0 Å². The van der Waals surface area contributed by atoms with E-state index in [9.17, 15) is 9.59 Å². The number of hydrogen-bond acceptors (Lipinski definition) is 3. The molecule has 2 amide bonds. The summed E-state index contributed by atoms with van der Waals surface area (Å²) in [7, 11) is 0. The van der Waals surface area contributed by atoms with Crippen molar-refractivity contribution in [3.05, 3.63) is 88.7 Å². The predicted molar refractivity (Wildman–Crippen MR) is 116 cm³/mol. The van der Waals surface area contributed by atoms with Crippen LogP contribution in [-0.2, 0) is 6.61 Å². The number of amides is 2. The number of carbonyl (C=O) groups excluding carboxylic acids is 2. The molecule has 6 heteroatoms. The molecule has 0 radical (unpaired) electrons. The van der Waals surface area contributed by atoms with Crippen LogP contribution in [0.25, 0.3) is 0 Å².